The zero-order valence-corrected chi connectivity index (χ0v) is 18.6. The molecule has 2 N–H and O–H groups in total. The van der Waals surface area contributed by atoms with E-state index in [1.807, 2.05) is 0 Å². The Morgan fingerprint density at radius 2 is 1.69 bits per heavy atom. The molecule has 3 aromatic rings. The molecule has 0 radical (unpaired) electrons. The number of nitrogens with one attached hydrogen (secondary N) is 1. The SMILES string of the molecule is CC(F)(C1=CNC=C(c2ccc(C(F)(F)F)cc2)C=C1)C(O)(Cn1cnnn1)c1ccc(F)cc1F. The molecule has 0 spiro atoms. The van der Waals surface area contributed by atoms with Crippen molar-refractivity contribution in [2.24, 2.45) is 0 Å². The zero-order valence-electron chi connectivity index (χ0n) is 18.6. The van der Waals surface area contributed by atoms with E-state index in [4.69, 9.17) is 0 Å². The van der Waals surface area contributed by atoms with Gasteiger partial charge in [-0.05, 0) is 46.7 Å². The largest absolute Gasteiger partial charge is 0.416 e. The van der Waals surface area contributed by atoms with Gasteiger partial charge in [-0.3, -0.25) is 0 Å². The molecule has 0 saturated carbocycles. The predicted molar refractivity (Wildman–Crippen MR) is 117 cm³/mol. The van der Waals surface area contributed by atoms with Gasteiger partial charge in [0.15, 0.2) is 5.67 Å². The van der Waals surface area contributed by atoms with E-state index in [9.17, 15) is 27.1 Å². The Balaban J connectivity index is 1.69. The molecule has 1 aliphatic heterocycles. The smallest absolute Gasteiger partial charge is 0.379 e. The van der Waals surface area contributed by atoms with E-state index in [1.165, 1.54) is 36.7 Å². The fraction of sp³-hybridized carbons (Fsp3) is 0.208. The summed E-state index contributed by atoms with van der Waals surface area (Å²) >= 11 is 0. The van der Waals surface area contributed by atoms with Crippen molar-refractivity contribution in [2.45, 2.75) is 30.9 Å². The molecule has 2 heterocycles. The molecule has 0 aliphatic carbocycles. The third-order valence-electron chi connectivity index (χ3n) is 5.94. The summed E-state index contributed by atoms with van der Waals surface area (Å²) in [5.41, 5.74) is -5.97. The Bertz CT molecular complexity index is 1330. The minimum Gasteiger partial charge on any atom is -0.379 e. The number of halogens is 6. The second-order valence-corrected chi connectivity index (χ2v) is 8.27. The van der Waals surface area contributed by atoms with Crippen LogP contribution in [0.4, 0.5) is 26.3 Å². The van der Waals surface area contributed by atoms with Crippen molar-refractivity contribution < 1.29 is 31.4 Å². The number of benzene rings is 2. The normalized spacial score (nSPS) is 17.3. The van der Waals surface area contributed by atoms with Crippen molar-refractivity contribution in [2.75, 3.05) is 0 Å². The van der Waals surface area contributed by atoms with Crippen molar-refractivity contribution in [1.82, 2.24) is 25.5 Å². The molecule has 1 aliphatic rings. The summed E-state index contributed by atoms with van der Waals surface area (Å²) in [4.78, 5) is 0. The first-order chi connectivity index (χ1) is 16.9. The van der Waals surface area contributed by atoms with E-state index in [2.05, 4.69) is 20.8 Å². The lowest BCUT2D eigenvalue weighted by Gasteiger charge is -2.40. The van der Waals surface area contributed by atoms with Crippen LogP contribution in [0.3, 0.4) is 0 Å². The van der Waals surface area contributed by atoms with Gasteiger partial charge in [0, 0.05) is 29.6 Å². The summed E-state index contributed by atoms with van der Waals surface area (Å²) in [6.45, 7) is 0.390. The molecule has 6 nitrogen and oxygen atoms in total. The average Bonchev–Trinajstić information content (AvgIpc) is 3.18. The minimum absolute atomic E-state index is 0.139. The van der Waals surface area contributed by atoms with Gasteiger partial charge in [-0.25, -0.2) is 17.9 Å². The maximum atomic E-state index is 16.6. The first-order valence-electron chi connectivity index (χ1n) is 10.5. The van der Waals surface area contributed by atoms with Crippen LogP contribution in [0.1, 0.15) is 23.6 Å². The Labute approximate surface area is 201 Å². The summed E-state index contributed by atoms with van der Waals surface area (Å²) in [7, 11) is 0. The summed E-state index contributed by atoms with van der Waals surface area (Å²) in [5, 5.41) is 24.8. The van der Waals surface area contributed by atoms with Gasteiger partial charge in [0.2, 0.25) is 0 Å². The number of nitrogens with zero attached hydrogens (tertiary/aromatic N) is 4. The molecule has 4 rings (SSSR count). The Morgan fingerprint density at radius 1 is 0.972 bits per heavy atom. The van der Waals surface area contributed by atoms with Gasteiger partial charge >= 0.3 is 6.18 Å². The summed E-state index contributed by atoms with van der Waals surface area (Å²) < 4.78 is 84.5. The van der Waals surface area contributed by atoms with Crippen LogP contribution in [0.5, 0.6) is 0 Å². The van der Waals surface area contributed by atoms with Gasteiger partial charge in [-0.1, -0.05) is 30.4 Å². The molecule has 0 saturated heterocycles. The number of hydrogen-bond acceptors (Lipinski definition) is 5. The Kier molecular flexibility index (Phi) is 6.48. The lowest BCUT2D eigenvalue weighted by atomic mass is 9.75. The number of rotatable bonds is 6. The van der Waals surface area contributed by atoms with Crippen molar-refractivity contribution >= 4 is 5.57 Å². The van der Waals surface area contributed by atoms with Gasteiger partial charge < -0.3 is 10.4 Å². The van der Waals surface area contributed by atoms with Crippen molar-refractivity contribution in [1.29, 1.82) is 0 Å². The molecule has 1 aromatic heterocycles. The molecule has 36 heavy (non-hydrogen) atoms. The Morgan fingerprint density at radius 3 is 2.31 bits per heavy atom. The van der Waals surface area contributed by atoms with Gasteiger partial charge in [0.25, 0.3) is 0 Å². The highest BCUT2D eigenvalue weighted by atomic mass is 19.4. The quantitative estimate of drug-likeness (QED) is 0.475. The van der Waals surface area contributed by atoms with Crippen LogP contribution in [0.15, 0.2) is 78.9 Å². The molecule has 2 unspecified atom stereocenters. The topological polar surface area (TPSA) is 75.9 Å². The standard InChI is InChI=1S/C24H19F6N5O/c1-22(27,23(36,13-35-14-32-33-34-35)20-9-8-19(25)10-21(20)26)18-7-4-16(11-31-12-18)15-2-5-17(6-3-15)24(28,29)30/h2-12,14,31,36H,13H2,1H3. The van der Waals surface area contributed by atoms with Gasteiger partial charge in [-0.2, -0.15) is 13.2 Å². The molecule has 2 atom stereocenters. The van der Waals surface area contributed by atoms with Crippen molar-refractivity contribution in [3.8, 4) is 0 Å². The minimum atomic E-state index is -4.49. The van der Waals surface area contributed by atoms with Crippen molar-refractivity contribution in [3.63, 3.8) is 0 Å². The predicted octanol–water partition coefficient (Wildman–Crippen LogP) is 4.67. The molecule has 0 amide bonds. The lowest BCUT2D eigenvalue weighted by molar-refractivity contribution is -0.137. The number of aromatic nitrogens is 4. The highest BCUT2D eigenvalue weighted by Crippen LogP contribution is 2.44. The van der Waals surface area contributed by atoms with Crippen LogP contribution < -0.4 is 5.32 Å². The lowest BCUT2D eigenvalue weighted by Crippen LogP contribution is -2.51. The van der Waals surface area contributed by atoms with E-state index in [0.717, 1.165) is 42.2 Å². The second kappa shape index (κ2) is 9.26. The second-order valence-electron chi connectivity index (χ2n) is 8.27. The third kappa shape index (κ3) is 4.76. The van der Waals surface area contributed by atoms with Crippen molar-refractivity contribution in [3.05, 3.63) is 107 Å². The van der Waals surface area contributed by atoms with Crippen LogP contribution in [-0.2, 0) is 18.3 Å². The monoisotopic (exact) mass is 507 g/mol. The maximum absolute atomic E-state index is 16.6. The van der Waals surface area contributed by atoms with E-state index in [0.29, 0.717) is 17.2 Å². The first-order valence-corrected chi connectivity index (χ1v) is 10.5. The summed E-state index contributed by atoms with van der Waals surface area (Å²) in [5.74, 6) is -2.09. The average molecular weight is 507 g/mol. The summed E-state index contributed by atoms with van der Waals surface area (Å²) in [6.07, 6.45) is 2.00. The van der Waals surface area contributed by atoms with E-state index in [1.54, 1.807) is 0 Å². The van der Waals surface area contributed by atoms with Crippen LogP contribution in [0.25, 0.3) is 5.57 Å². The number of tetrazole rings is 1. The van der Waals surface area contributed by atoms with Gasteiger partial charge in [0.05, 0.1) is 12.1 Å². The molecule has 188 valence electrons. The molecule has 2 aromatic carbocycles. The molecule has 12 heteroatoms. The van der Waals surface area contributed by atoms with Crippen LogP contribution >= 0.6 is 0 Å². The first kappa shape index (κ1) is 25.2. The Hall–Kier alpha value is -3.93. The fourth-order valence-corrected chi connectivity index (χ4v) is 3.86. The van der Waals surface area contributed by atoms with E-state index >= 15 is 4.39 Å². The number of alkyl halides is 4. The van der Waals surface area contributed by atoms with Gasteiger partial charge in [0.1, 0.15) is 23.6 Å². The van der Waals surface area contributed by atoms with Crippen LogP contribution in [0, 0.1) is 11.6 Å². The number of aliphatic hydroxyl groups is 1. The highest BCUT2D eigenvalue weighted by molar-refractivity contribution is 5.75. The molecule has 0 bridgehead atoms. The molecule has 0 fully saturated rings. The number of allylic oxidation sites excluding steroid dienone is 3. The molecular weight excluding hydrogens is 488 g/mol. The van der Waals surface area contributed by atoms with E-state index in [-0.39, 0.29) is 5.57 Å². The highest BCUT2D eigenvalue weighted by Gasteiger charge is 2.53. The molecular formula is C24H19F6N5O. The van der Waals surface area contributed by atoms with Gasteiger partial charge in [-0.15, -0.1) is 5.10 Å². The third-order valence-corrected chi connectivity index (χ3v) is 5.94. The number of hydrogen-bond donors (Lipinski definition) is 2. The van der Waals surface area contributed by atoms with Crippen LogP contribution in [-0.4, -0.2) is 31.0 Å². The fourth-order valence-electron chi connectivity index (χ4n) is 3.86. The maximum Gasteiger partial charge on any atom is 0.416 e. The zero-order chi connectivity index (χ0) is 26.1. The van der Waals surface area contributed by atoms with Crippen LogP contribution in [0.2, 0.25) is 0 Å². The van der Waals surface area contributed by atoms with E-state index < -0.39 is 46.8 Å². The summed E-state index contributed by atoms with van der Waals surface area (Å²) in [6, 6.07) is 6.72.